The average Bonchev–Trinajstić information content (AvgIpc) is 3.28. The first kappa shape index (κ1) is 41.4. The minimum absolute atomic E-state index is 0.0309. The van der Waals surface area contributed by atoms with E-state index in [0.717, 1.165) is 6.92 Å². The van der Waals surface area contributed by atoms with Gasteiger partial charge in [0.25, 0.3) is 5.75 Å². The number of fused-ring (bicyclic) bond motifs is 1. The fraction of sp³-hybridized carbons (Fsp3) is 0.174. The van der Waals surface area contributed by atoms with E-state index in [9.17, 15) is 28.8 Å². The van der Waals surface area contributed by atoms with Crippen LogP contribution in [0, 0.1) is 0 Å². The molecule has 0 aliphatic carbocycles. The first-order valence-corrected chi connectivity index (χ1v) is 18.7. The summed E-state index contributed by atoms with van der Waals surface area (Å²) in [5.74, 6) is -4.77. The third kappa shape index (κ3) is 9.75. The predicted molar refractivity (Wildman–Crippen MR) is 213 cm³/mol. The number of benzene rings is 5. The highest BCUT2D eigenvalue weighted by atomic mass is 16.7. The van der Waals surface area contributed by atoms with Gasteiger partial charge in [-0.1, -0.05) is 72.8 Å². The Hall–Kier alpha value is -7.78. The highest BCUT2D eigenvalue weighted by Gasteiger charge is 2.54. The summed E-state index contributed by atoms with van der Waals surface area (Å²) >= 11 is 0. The lowest BCUT2D eigenvalue weighted by atomic mass is 9.97. The van der Waals surface area contributed by atoms with E-state index in [1.54, 1.807) is 72.8 Å². The molecule has 5 aromatic carbocycles. The van der Waals surface area contributed by atoms with Crippen molar-refractivity contribution in [3.05, 3.63) is 172 Å². The van der Waals surface area contributed by atoms with Crippen LogP contribution in [0.1, 0.15) is 48.4 Å². The van der Waals surface area contributed by atoms with Crippen molar-refractivity contribution in [2.24, 2.45) is 0 Å². The van der Waals surface area contributed by atoms with Gasteiger partial charge in [-0.25, -0.2) is 24.0 Å². The maximum absolute atomic E-state index is 13.9. The predicted octanol–water partition coefficient (Wildman–Crippen LogP) is 6.36. The van der Waals surface area contributed by atoms with Gasteiger partial charge in [-0.05, 0) is 60.7 Å². The van der Waals surface area contributed by atoms with Crippen molar-refractivity contribution in [2.75, 3.05) is 13.7 Å². The largest absolute Gasteiger partial charge is 0.492 e. The first-order valence-electron chi connectivity index (χ1n) is 18.7. The SMILES string of the molecule is COc1c(OC(C)=O)c(=O)oc2cc(O[C@@H]3O[C@H](COC(=O)c4ccccc4)[C@H](OC(=O)c4ccccc4)[C@H](OC(=O)c4ccccc4)[C@H]3OC(=O)c3ccccc3)ccc12. The topological polar surface area (TPSA) is 189 Å². The lowest BCUT2D eigenvalue weighted by molar-refractivity contribution is -0.275. The molecule has 310 valence electrons. The van der Waals surface area contributed by atoms with E-state index in [1.807, 2.05) is 0 Å². The molecular formula is C46H36O15. The number of hydrogen-bond acceptors (Lipinski definition) is 15. The van der Waals surface area contributed by atoms with E-state index >= 15 is 0 Å². The molecule has 1 aliphatic rings. The Morgan fingerprint density at radius 3 is 1.54 bits per heavy atom. The summed E-state index contributed by atoms with van der Waals surface area (Å²) in [5, 5.41) is 0.218. The summed E-state index contributed by atoms with van der Waals surface area (Å²) in [6, 6.07) is 36.0. The zero-order valence-electron chi connectivity index (χ0n) is 32.5. The maximum atomic E-state index is 13.9. The van der Waals surface area contributed by atoms with E-state index in [0.29, 0.717) is 0 Å². The lowest BCUT2D eigenvalue weighted by Gasteiger charge is -2.44. The highest BCUT2D eigenvalue weighted by molar-refractivity contribution is 5.92. The molecule has 1 fully saturated rings. The molecule has 1 aliphatic heterocycles. The Morgan fingerprint density at radius 1 is 0.574 bits per heavy atom. The van der Waals surface area contributed by atoms with Gasteiger partial charge in [-0.15, -0.1) is 0 Å². The molecule has 15 nitrogen and oxygen atoms in total. The van der Waals surface area contributed by atoms with Crippen molar-refractivity contribution in [2.45, 2.75) is 37.6 Å². The van der Waals surface area contributed by atoms with Gasteiger partial charge in [-0.3, -0.25) is 4.79 Å². The summed E-state index contributed by atoms with van der Waals surface area (Å²) in [7, 11) is 1.27. The molecule has 61 heavy (non-hydrogen) atoms. The van der Waals surface area contributed by atoms with Gasteiger partial charge in [-0.2, -0.15) is 0 Å². The van der Waals surface area contributed by atoms with Gasteiger partial charge in [0.05, 0.1) is 34.7 Å². The summed E-state index contributed by atoms with van der Waals surface area (Å²) in [4.78, 5) is 79.5. The van der Waals surface area contributed by atoms with Crippen molar-refractivity contribution >= 4 is 40.8 Å². The van der Waals surface area contributed by atoms with Crippen LogP contribution in [0.2, 0.25) is 0 Å². The fourth-order valence-electron chi connectivity index (χ4n) is 6.40. The molecule has 1 saturated heterocycles. The molecule has 5 atom stereocenters. The Kier molecular flexibility index (Phi) is 12.8. The van der Waals surface area contributed by atoms with Gasteiger partial charge in [0.15, 0.2) is 18.0 Å². The Labute approximate surface area is 347 Å². The molecule has 15 heteroatoms. The van der Waals surface area contributed by atoms with Crippen LogP contribution in [0.25, 0.3) is 11.0 Å². The molecule has 0 saturated carbocycles. The second-order valence-electron chi connectivity index (χ2n) is 13.3. The van der Waals surface area contributed by atoms with E-state index in [-0.39, 0.29) is 44.7 Å². The monoisotopic (exact) mass is 828 g/mol. The van der Waals surface area contributed by atoms with Crippen LogP contribution in [0.15, 0.2) is 149 Å². The Morgan fingerprint density at radius 2 is 1.05 bits per heavy atom. The number of methoxy groups -OCH3 is 1. The van der Waals surface area contributed by atoms with Crippen LogP contribution < -0.4 is 19.8 Å². The molecular weight excluding hydrogens is 792 g/mol. The second-order valence-corrected chi connectivity index (χ2v) is 13.3. The Balaban J connectivity index is 1.33. The minimum Gasteiger partial charge on any atom is -0.492 e. The van der Waals surface area contributed by atoms with Gasteiger partial charge >= 0.3 is 35.5 Å². The molecule has 0 amide bonds. The molecule has 1 aromatic heterocycles. The fourth-order valence-corrected chi connectivity index (χ4v) is 6.40. The second kappa shape index (κ2) is 18.9. The zero-order chi connectivity index (χ0) is 42.9. The molecule has 6 aromatic rings. The molecule has 0 N–H and O–H groups in total. The summed E-state index contributed by atoms with van der Waals surface area (Å²) in [5.41, 5.74) is -0.566. The van der Waals surface area contributed by atoms with Crippen LogP contribution in [0.4, 0.5) is 0 Å². The first-order chi connectivity index (χ1) is 29.6. The van der Waals surface area contributed by atoms with E-state index in [4.69, 9.17) is 42.3 Å². The quantitative estimate of drug-likeness (QED) is 0.0709. The molecule has 0 spiro atoms. The van der Waals surface area contributed by atoms with Gasteiger partial charge in [0.2, 0.25) is 12.4 Å². The molecule has 2 heterocycles. The number of hydrogen-bond donors (Lipinski definition) is 0. The smallest absolute Gasteiger partial charge is 0.383 e. The lowest BCUT2D eigenvalue weighted by Crippen LogP contribution is -2.63. The Bertz CT molecular complexity index is 2580. The zero-order valence-corrected chi connectivity index (χ0v) is 32.5. The summed E-state index contributed by atoms with van der Waals surface area (Å²) in [6.45, 7) is 0.528. The van der Waals surface area contributed by atoms with E-state index in [1.165, 1.54) is 73.8 Å². The standard InChI is InChI=1S/C46H36O15/c1-27(47)55-39-36(53-2)33-24-23-32(25-34(33)57-45(39)52)56-46-40(61-44(51)31-21-13-6-14-22-31)38(60-43(50)30-19-11-5-12-20-30)37(59-42(49)29-17-9-4-10-18-29)35(58-46)26-54-41(48)28-15-7-3-8-16-28/h3-25,35,37-38,40,46H,26H2,1-2H3/t35-,37+,38+,40-,46-/m1/s1. The molecule has 7 rings (SSSR count). The van der Waals surface area contributed by atoms with Crippen molar-refractivity contribution < 1.29 is 66.3 Å². The molecule has 0 bridgehead atoms. The van der Waals surface area contributed by atoms with Crippen LogP contribution in [0.3, 0.4) is 0 Å². The summed E-state index contributed by atoms with van der Waals surface area (Å²) < 4.78 is 52.6. The maximum Gasteiger partial charge on any atom is 0.383 e. The van der Waals surface area contributed by atoms with Gasteiger partial charge in [0.1, 0.15) is 24.0 Å². The van der Waals surface area contributed by atoms with Crippen LogP contribution >= 0.6 is 0 Å². The highest BCUT2D eigenvalue weighted by Crippen LogP contribution is 2.37. The average molecular weight is 829 g/mol. The number of carbonyl (C=O) groups is 5. The van der Waals surface area contributed by atoms with Crippen LogP contribution in [-0.4, -0.2) is 74.3 Å². The number of ether oxygens (including phenoxy) is 8. The normalized spacial score (nSPS) is 18.2. The minimum atomic E-state index is -1.70. The summed E-state index contributed by atoms with van der Waals surface area (Å²) in [6.07, 6.45) is -8.11. The van der Waals surface area contributed by atoms with Crippen molar-refractivity contribution in [3.63, 3.8) is 0 Å². The third-order valence-electron chi connectivity index (χ3n) is 9.23. The molecule has 0 unspecified atom stereocenters. The van der Waals surface area contributed by atoms with E-state index in [2.05, 4.69) is 0 Å². The van der Waals surface area contributed by atoms with Gasteiger partial charge < -0.3 is 42.3 Å². The van der Waals surface area contributed by atoms with Crippen molar-refractivity contribution in [3.8, 4) is 17.2 Å². The number of carbonyl (C=O) groups excluding carboxylic acids is 5. The van der Waals surface area contributed by atoms with Crippen LogP contribution in [-0.2, 0) is 28.5 Å². The van der Waals surface area contributed by atoms with Crippen molar-refractivity contribution in [1.29, 1.82) is 0 Å². The van der Waals surface area contributed by atoms with Crippen molar-refractivity contribution in [1.82, 2.24) is 0 Å². The number of rotatable bonds is 13. The third-order valence-corrected chi connectivity index (χ3v) is 9.23. The van der Waals surface area contributed by atoms with E-state index < -0.39 is 78.5 Å². The molecule has 0 radical (unpaired) electrons. The number of esters is 5. The van der Waals surface area contributed by atoms with Crippen LogP contribution in [0.5, 0.6) is 17.2 Å². The van der Waals surface area contributed by atoms with Gasteiger partial charge in [0, 0.05) is 13.0 Å².